The van der Waals surface area contributed by atoms with Crippen LogP contribution in [0.3, 0.4) is 0 Å². The zero-order valence-corrected chi connectivity index (χ0v) is 19.2. The Kier molecular flexibility index (Phi) is 8.44. The highest BCUT2D eigenvalue weighted by atomic mass is 32.2. The SMILES string of the molecule is C1CC2(CN1)CSC2.C1CCCC1.CC(C)n1ccc(-c2cncc(C(F)(F)F)c2)n1. The highest BCUT2D eigenvalue weighted by Crippen LogP contribution is 2.42. The van der Waals surface area contributed by atoms with E-state index in [1.807, 2.05) is 13.8 Å². The summed E-state index contributed by atoms with van der Waals surface area (Å²) in [4.78, 5) is 3.61. The van der Waals surface area contributed by atoms with Gasteiger partial charge in [-0.25, -0.2) is 0 Å². The Labute approximate surface area is 187 Å². The summed E-state index contributed by atoms with van der Waals surface area (Å²) in [5.41, 5.74) is 0.857. The van der Waals surface area contributed by atoms with Gasteiger partial charge in [-0.15, -0.1) is 0 Å². The van der Waals surface area contributed by atoms with Gasteiger partial charge in [0.1, 0.15) is 0 Å². The summed E-state index contributed by atoms with van der Waals surface area (Å²) >= 11 is 2.09. The number of aromatic nitrogens is 3. The van der Waals surface area contributed by atoms with Gasteiger partial charge in [-0.3, -0.25) is 9.67 Å². The highest BCUT2D eigenvalue weighted by Gasteiger charge is 2.39. The van der Waals surface area contributed by atoms with Crippen molar-refractivity contribution in [2.45, 2.75) is 64.6 Å². The Balaban J connectivity index is 0.000000169. The number of thioether (sulfide) groups is 1. The smallest absolute Gasteiger partial charge is 0.316 e. The summed E-state index contributed by atoms with van der Waals surface area (Å²) in [6.07, 6.45) is 8.47. The molecule has 1 aliphatic carbocycles. The van der Waals surface area contributed by atoms with Crippen LogP contribution in [0.4, 0.5) is 13.2 Å². The largest absolute Gasteiger partial charge is 0.417 e. The lowest BCUT2D eigenvalue weighted by molar-refractivity contribution is -0.137. The van der Waals surface area contributed by atoms with Crippen LogP contribution in [0.1, 0.15) is 64.0 Å². The zero-order chi connectivity index (χ0) is 22.3. The van der Waals surface area contributed by atoms with E-state index < -0.39 is 11.7 Å². The minimum atomic E-state index is -4.39. The highest BCUT2D eigenvalue weighted by molar-refractivity contribution is 8.00. The molecule has 3 fully saturated rings. The molecule has 3 aliphatic rings. The minimum Gasteiger partial charge on any atom is -0.316 e. The third-order valence-corrected chi connectivity index (χ3v) is 7.53. The standard InChI is InChI=1S/C12H12F3N3.C6H11NS.C5H10/c1-8(2)18-4-3-11(17-18)9-5-10(7-16-6-9)12(13,14)15;1-2-7-3-6(1)4-8-5-6;1-2-4-5-3-1/h3-8H,1-2H3;7H,1-5H2;1-5H2. The van der Waals surface area contributed by atoms with Crippen molar-refractivity contribution in [3.63, 3.8) is 0 Å². The molecule has 0 amide bonds. The fourth-order valence-corrected chi connectivity index (χ4v) is 5.11. The Hall–Kier alpha value is -1.54. The molecule has 0 bridgehead atoms. The van der Waals surface area contributed by atoms with Crippen LogP contribution in [-0.2, 0) is 6.18 Å². The van der Waals surface area contributed by atoms with Crippen molar-refractivity contribution in [1.29, 1.82) is 0 Å². The molecule has 0 aromatic carbocycles. The zero-order valence-electron chi connectivity index (χ0n) is 18.4. The number of rotatable bonds is 2. The number of hydrogen-bond donors (Lipinski definition) is 1. The fourth-order valence-electron chi connectivity index (χ4n) is 3.83. The molecule has 1 spiro atoms. The van der Waals surface area contributed by atoms with Gasteiger partial charge in [0.25, 0.3) is 0 Å². The molecule has 0 radical (unpaired) electrons. The summed E-state index contributed by atoms with van der Waals surface area (Å²) in [5, 5.41) is 7.61. The normalized spacial score (nSPS) is 19.4. The molecule has 4 heterocycles. The maximum Gasteiger partial charge on any atom is 0.417 e. The first-order chi connectivity index (χ1) is 14.8. The topological polar surface area (TPSA) is 42.7 Å². The van der Waals surface area contributed by atoms with Crippen LogP contribution in [0.15, 0.2) is 30.7 Å². The van der Waals surface area contributed by atoms with Gasteiger partial charge in [-0.2, -0.15) is 30.0 Å². The molecule has 2 saturated heterocycles. The fraction of sp³-hybridized carbons (Fsp3) is 0.652. The molecule has 4 nitrogen and oxygen atoms in total. The maximum absolute atomic E-state index is 12.6. The third-order valence-electron chi connectivity index (χ3n) is 5.90. The predicted molar refractivity (Wildman–Crippen MR) is 121 cm³/mol. The van der Waals surface area contributed by atoms with E-state index in [9.17, 15) is 13.2 Å². The van der Waals surface area contributed by atoms with Crippen LogP contribution in [-0.4, -0.2) is 39.4 Å². The average Bonchev–Trinajstić information content (AvgIpc) is 3.51. The molecule has 2 aromatic rings. The molecule has 8 heteroatoms. The van der Waals surface area contributed by atoms with Gasteiger partial charge < -0.3 is 5.32 Å². The van der Waals surface area contributed by atoms with E-state index in [2.05, 4.69) is 27.2 Å². The summed E-state index contributed by atoms with van der Waals surface area (Å²) < 4.78 is 39.3. The Morgan fingerprint density at radius 3 is 2.19 bits per heavy atom. The molecule has 31 heavy (non-hydrogen) atoms. The second-order valence-corrected chi connectivity index (χ2v) is 9.91. The summed E-state index contributed by atoms with van der Waals surface area (Å²) in [6, 6.07) is 2.90. The molecule has 1 N–H and O–H groups in total. The first-order valence-corrected chi connectivity index (χ1v) is 12.3. The summed E-state index contributed by atoms with van der Waals surface area (Å²) in [7, 11) is 0. The number of alkyl halides is 3. The van der Waals surface area contributed by atoms with Crippen LogP contribution < -0.4 is 5.32 Å². The summed E-state index contributed by atoms with van der Waals surface area (Å²) in [5.74, 6) is 2.83. The van der Waals surface area contributed by atoms with E-state index in [-0.39, 0.29) is 6.04 Å². The Morgan fingerprint density at radius 1 is 1.10 bits per heavy atom. The maximum atomic E-state index is 12.6. The predicted octanol–water partition coefficient (Wildman–Crippen LogP) is 6.21. The molecular weight excluding hydrogens is 421 g/mol. The lowest BCUT2D eigenvalue weighted by Crippen LogP contribution is -2.37. The van der Waals surface area contributed by atoms with Crippen molar-refractivity contribution >= 4 is 11.8 Å². The number of hydrogen-bond acceptors (Lipinski definition) is 4. The first kappa shape index (κ1) is 24.1. The van der Waals surface area contributed by atoms with Crippen molar-refractivity contribution in [1.82, 2.24) is 20.1 Å². The summed E-state index contributed by atoms with van der Waals surface area (Å²) in [6.45, 7) is 6.45. The molecule has 5 rings (SSSR count). The second-order valence-electron chi connectivity index (χ2n) is 8.92. The van der Waals surface area contributed by atoms with Gasteiger partial charge in [0.2, 0.25) is 0 Å². The van der Waals surface area contributed by atoms with E-state index in [1.54, 1.807) is 16.9 Å². The molecular formula is C23H33F3N4S. The molecule has 172 valence electrons. The van der Waals surface area contributed by atoms with Crippen molar-refractivity contribution in [2.75, 3.05) is 24.6 Å². The quantitative estimate of drug-likeness (QED) is 0.586. The van der Waals surface area contributed by atoms with E-state index in [1.165, 1.54) is 69.3 Å². The van der Waals surface area contributed by atoms with Crippen LogP contribution in [0.5, 0.6) is 0 Å². The lowest BCUT2D eigenvalue weighted by Gasteiger charge is -2.36. The Morgan fingerprint density at radius 2 is 1.77 bits per heavy atom. The van der Waals surface area contributed by atoms with Gasteiger partial charge >= 0.3 is 6.18 Å². The number of halogens is 3. The van der Waals surface area contributed by atoms with Crippen molar-refractivity contribution in [3.8, 4) is 11.3 Å². The van der Waals surface area contributed by atoms with E-state index >= 15 is 0 Å². The van der Waals surface area contributed by atoms with Crippen molar-refractivity contribution in [3.05, 3.63) is 36.3 Å². The average molecular weight is 455 g/mol. The van der Waals surface area contributed by atoms with Crippen LogP contribution in [0, 0.1) is 5.41 Å². The molecule has 2 aliphatic heterocycles. The van der Waals surface area contributed by atoms with Gasteiger partial charge in [-0.1, -0.05) is 32.1 Å². The van der Waals surface area contributed by atoms with Gasteiger partial charge in [0.05, 0.1) is 11.3 Å². The van der Waals surface area contributed by atoms with E-state index in [4.69, 9.17) is 0 Å². The molecule has 0 atom stereocenters. The van der Waals surface area contributed by atoms with Gasteiger partial charge in [-0.05, 0) is 38.9 Å². The minimum absolute atomic E-state index is 0.164. The lowest BCUT2D eigenvalue weighted by atomic mass is 9.91. The van der Waals surface area contributed by atoms with Crippen molar-refractivity contribution in [2.24, 2.45) is 5.41 Å². The third kappa shape index (κ3) is 6.97. The van der Waals surface area contributed by atoms with Gasteiger partial charge in [0, 0.05) is 53.7 Å². The monoisotopic (exact) mass is 454 g/mol. The molecule has 1 saturated carbocycles. The number of pyridine rings is 1. The van der Waals surface area contributed by atoms with E-state index in [0.717, 1.165) is 17.7 Å². The first-order valence-electron chi connectivity index (χ1n) is 11.2. The molecule has 0 unspecified atom stereocenters. The van der Waals surface area contributed by atoms with Crippen LogP contribution >= 0.6 is 11.8 Å². The van der Waals surface area contributed by atoms with Crippen LogP contribution in [0.25, 0.3) is 11.3 Å². The van der Waals surface area contributed by atoms with Crippen LogP contribution in [0.2, 0.25) is 0 Å². The van der Waals surface area contributed by atoms with E-state index in [0.29, 0.717) is 11.3 Å². The Bertz CT molecular complexity index is 796. The second kappa shape index (κ2) is 10.9. The number of nitrogens with zero attached hydrogens (tertiary/aromatic N) is 3. The number of nitrogens with one attached hydrogen (secondary N) is 1. The van der Waals surface area contributed by atoms with Crippen molar-refractivity contribution < 1.29 is 13.2 Å². The molecule has 2 aromatic heterocycles. The van der Waals surface area contributed by atoms with Gasteiger partial charge in [0.15, 0.2) is 0 Å².